The summed E-state index contributed by atoms with van der Waals surface area (Å²) in [4.78, 5) is 3.74. The third kappa shape index (κ3) is 3.89. The molecule has 176 valence electrons. The van der Waals surface area contributed by atoms with Crippen molar-refractivity contribution >= 4 is 22.8 Å². The second-order valence-corrected chi connectivity index (χ2v) is 10.7. The molecule has 34 heavy (non-hydrogen) atoms. The average Bonchev–Trinajstić information content (AvgIpc) is 3.37. The molecule has 0 bridgehead atoms. The molecule has 0 unspecified atom stereocenters. The van der Waals surface area contributed by atoms with Gasteiger partial charge in [0.25, 0.3) is 5.69 Å². The molecule has 0 aliphatic rings. The molecular weight excluding hydrogens is 426 g/mol. The molecule has 9 heteroatoms. The number of hydrogen-bond acceptors (Lipinski definition) is 5. The molecule has 0 N–H and O–H groups in total. The molecule has 0 amide bonds. The van der Waals surface area contributed by atoms with Gasteiger partial charge in [0.15, 0.2) is 23.0 Å². The SMILES string of the molecule is [C-]#[N+]c1c(C(C)(C)C)nn(C)c1N=Nc1c(C(C)(C)C)nn2c(-c3cccc(C)c3)nn(C)c12. The molecular formula is C25H31N9. The van der Waals surface area contributed by atoms with Crippen molar-refractivity contribution in [1.82, 2.24) is 29.2 Å². The maximum Gasteiger partial charge on any atom is 0.255 e. The number of fused-ring (bicyclic) bond motifs is 1. The van der Waals surface area contributed by atoms with Crippen molar-refractivity contribution in [3.05, 3.63) is 52.6 Å². The summed E-state index contributed by atoms with van der Waals surface area (Å²) in [5.41, 5.74) is 4.88. The average molecular weight is 458 g/mol. The summed E-state index contributed by atoms with van der Waals surface area (Å²) in [6, 6.07) is 8.19. The zero-order chi connectivity index (χ0) is 25.0. The number of azo groups is 1. The summed E-state index contributed by atoms with van der Waals surface area (Å²) in [5, 5.41) is 23.4. The topological polar surface area (TPSA) is 82.0 Å². The second-order valence-electron chi connectivity index (χ2n) is 10.7. The maximum absolute atomic E-state index is 7.73. The first-order valence-electron chi connectivity index (χ1n) is 11.2. The van der Waals surface area contributed by atoms with Crippen molar-refractivity contribution in [2.45, 2.75) is 59.3 Å². The first-order valence-corrected chi connectivity index (χ1v) is 11.2. The molecule has 4 aromatic rings. The van der Waals surface area contributed by atoms with Crippen molar-refractivity contribution < 1.29 is 0 Å². The molecule has 4 rings (SSSR count). The van der Waals surface area contributed by atoms with E-state index < -0.39 is 0 Å². The van der Waals surface area contributed by atoms with Crippen LogP contribution in [0.1, 0.15) is 58.5 Å². The van der Waals surface area contributed by atoms with Crippen LogP contribution in [0, 0.1) is 13.5 Å². The fourth-order valence-electron chi connectivity index (χ4n) is 3.95. The van der Waals surface area contributed by atoms with E-state index in [0.717, 1.165) is 28.3 Å². The van der Waals surface area contributed by atoms with E-state index in [1.165, 1.54) is 0 Å². The quantitative estimate of drug-likeness (QED) is 0.266. The van der Waals surface area contributed by atoms with Gasteiger partial charge in [0.05, 0.1) is 18.0 Å². The Kier molecular flexibility index (Phi) is 5.43. The van der Waals surface area contributed by atoms with Crippen LogP contribution in [0.4, 0.5) is 17.2 Å². The van der Waals surface area contributed by atoms with Crippen LogP contribution < -0.4 is 0 Å². The van der Waals surface area contributed by atoms with E-state index in [4.69, 9.17) is 16.8 Å². The van der Waals surface area contributed by atoms with Gasteiger partial charge in [-0.25, -0.2) is 9.53 Å². The van der Waals surface area contributed by atoms with Crippen molar-refractivity contribution in [1.29, 1.82) is 0 Å². The first kappa shape index (κ1) is 23.4. The maximum atomic E-state index is 7.73. The van der Waals surface area contributed by atoms with Gasteiger partial charge in [0, 0.05) is 25.1 Å². The van der Waals surface area contributed by atoms with Crippen LogP contribution in [0.2, 0.25) is 0 Å². The Bertz CT molecular complexity index is 1460. The molecule has 0 saturated heterocycles. The summed E-state index contributed by atoms with van der Waals surface area (Å²) in [7, 11) is 3.67. The summed E-state index contributed by atoms with van der Waals surface area (Å²) in [6.45, 7) is 22.2. The van der Waals surface area contributed by atoms with Crippen molar-refractivity contribution in [2.24, 2.45) is 24.3 Å². The normalized spacial score (nSPS) is 12.7. The Morgan fingerprint density at radius 2 is 1.56 bits per heavy atom. The van der Waals surface area contributed by atoms with Crippen LogP contribution in [-0.2, 0) is 24.9 Å². The van der Waals surface area contributed by atoms with Crippen LogP contribution >= 0.6 is 0 Å². The lowest BCUT2D eigenvalue weighted by molar-refractivity contribution is 0.555. The van der Waals surface area contributed by atoms with Crippen LogP contribution in [-0.4, -0.2) is 29.2 Å². The van der Waals surface area contributed by atoms with Gasteiger partial charge >= 0.3 is 0 Å². The smallest absolute Gasteiger partial charge is 0.255 e. The molecule has 0 spiro atoms. The lowest BCUT2D eigenvalue weighted by Gasteiger charge is -2.15. The Hall–Kier alpha value is -3.80. The molecule has 0 fully saturated rings. The fraction of sp³-hybridized carbons (Fsp3) is 0.440. The number of hydrogen-bond donors (Lipinski definition) is 0. The van der Waals surface area contributed by atoms with Crippen LogP contribution in [0.15, 0.2) is 34.5 Å². The lowest BCUT2D eigenvalue weighted by Crippen LogP contribution is -2.12. The Labute approximate surface area is 199 Å². The molecule has 0 radical (unpaired) electrons. The van der Waals surface area contributed by atoms with E-state index in [9.17, 15) is 0 Å². The Morgan fingerprint density at radius 3 is 2.15 bits per heavy atom. The van der Waals surface area contributed by atoms with Crippen LogP contribution in [0.25, 0.3) is 21.9 Å². The predicted molar refractivity (Wildman–Crippen MR) is 133 cm³/mol. The number of aromatic nitrogens is 6. The minimum atomic E-state index is -0.282. The summed E-state index contributed by atoms with van der Waals surface area (Å²) < 4.78 is 5.24. The number of aryl methyl sites for hydroxylation is 3. The standard InChI is InChI=1S/C25H31N9/c1-15-12-11-13-16(14-15)21-31-33(10)23-18(20(25(5,6)7)30-34(21)23)27-28-22-17(26-8)19(24(2,3)4)29-32(22)9/h11-14H,1-7,9-10H3. The van der Waals surface area contributed by atoms with Gasteiger partial charge in [0.1, 0.15) is 0 Å². The van der Waals surface area contributed by atoms with E-state index >= 15 is 0 Å². The highest BCUT2D eigenvalue weighted by Gasteiger charge is 2.30. The van der Waals surface area contributed by atoms with E-state index in [1.54, 1.807) is 16.4 Å². The summed E-state index contributed by atoms with van der Waals surface area (Å²) in [5.74, 6) is 1.17. The Balaban J connectivity index is 1.94. The summed E-state index contributed by atoms with van der Waals surface area (Å²) in [6.07, 6.45) is 0. The van der Waals surface area contributed by atoms with Gasteiger partial charge in [-0.1, -0.05) is 65.3 Å². The van der Waals surface area contributed by atoms with Crippen molar-refractivity contribution in [3.8, 4) is 11.4 Å². The molecule has 3 heterocycles. The van der Waals surface area contributed by atoms with E-state index in [2.05, 4.69) is 60.0 Å². The van der Waals surface area contributed by atoms with Gasteiger partial charge in [-0.3, -0.25) is 4.68 Å². The molecule has 0 atom stereocenters. The van der Waals surface area contributed by atoms with E-state index in [-0.39, 0.29) is 10.8 Å². The number of rotatable bonds is 3. The second kappa shape index (κ2) is 7.90. The highest BCUT2D eigenvalue weighted by molar-refractivity contribution is 5.73. The molecule has 1 aromatic carbocycles. The fourth-order valence-corrected chi connectivity index (χ4v) is 3.95. The highest BCUT2D eigenvalue weighted by atomic mass is 15.4. The molecule has 0 saturated carbocycles. The van der Waals surface area contributed by atoms with Gasteiger partial charge in [-0.05, 0) is 18.4 Å². The largest absolute Gasteiger partial charge is 0.260 e. The van der Waals surface area contributed by atoms with E-state index in [1.807, 2.05) is 44.5 Å². The monoisotopic (exact) mass is 457 g/mol. The third-order valence-electron chi connectivity index (χ3n) is 5.63. The van der Waals surface area contributed by atoms with Crippen molar-refractivity contribution in [3.63, 3.8) is 0 Å². The predicted octanol–water partition coefficient (Wildman–Crippen LogP) is 6.34. The van der Waals surface area contributed by atoms with Gasteiger partial charge in [-0.15, -0.1) is 10.2 Å². The molecule has 0 aliphatic carbocycles. The van der Waals surface area contributed by atoms with Gasteiger partial charge < -0.3 is 0 Å². The highest BCUT2D eigenvalue weighted by Crippen LogP contribution is 2.41. The van der Waals surface area contributed by atoms with Crippen LogP contribution in [0.3, 0.4) is 0 Å². The third-order valence-corrected chi connectivity index (χ3v) is 5.63. The van der Waals surface area contributed by atoms with E-state index in [0.29, 0.717) is 22.9 Å². The van der Waals surface area contributed by atoms with Crippen molar-refractivity contribution in [2.75, 3.05) is 0 Å². The Morgan fingerprint density at radius 1 is 0.882 bits per heavy atom. The minimum absolute atomic E-state index is 0.280. The molecule has 3 aromatic heterocycles. The molecule has 9 nitrogen and oxygen atoms in total. The number of benzene rings is 1. The zero-order valence-electron chi connectivity index (χ0n) is 21.3. The van der Waals surface area contributed by atoms with Gasteiger partial charge in [0.2, 0.25) is 0 Å². The first-order chi connectivity index (χ1) is 15.8. The number of nitrogens with zero attached hydrogens (tertiary/aromatic N) is 9. The van der Waals surface area contributed by atoms with Gasteiger partial charge in [-0.2, -0.15) is 19.8 Å². The molecule has 0 aliphatic heterocycles. The van der Waals surface area contributed by atoms with Crippen LogP contribution in [0.5, 0.6) is 0 Å². The lowest BCUT2D eigenvalue weighted by atomic mass is 9.91. The zero-order valence-corrected chi connectivity index (χ0v) is 21.3. The summed E-state index contributed by atoms with van der Waals surface area (Å²) >= 11 is 0. The minimum Gasteiger partial charge on any atom is -0.260 e.